The normalized spacial score (nSPS) is 14.4. The minimum Gasteiger partial charge on any atom is -0.491 e. The molecule has 1 amide bonds. The van der Waals surface area contributed by atoms with Crippen molar-refractivity contribution in [1.82, 2.24) is 5.32 Å². The fraction of sp³-hybridized carbons (Fsp3) is 0.588. The highest BCUT2D eigenvalue weighted by molar-refractivity contribution is 5.81. The zero-order valence-electron chi connectivity index (χ0n) is 14.0. The lowest BCUT2D eigenvalue weighted by atomic mass is 9.87. The third-order valence-electron chi connectivity index (χ3n) is 3.58. The number of benzene rings is 1. The minimum absolute atomic E-state index is 0.102. The first kappa shape index (κ1) is 17.5. The van der Waals surface area contributed by atoms with Gasteiger partial charge in [0.1, 0.15) is 12.4 Å². The molecule has 4 heteroatoms. The van der Waals surface area contributed by atoms with Crippen molar-refractivity contribution in [2.24, 2.45) is 11.1 Å². The predicted octanol–water partition coefficient (Wildman–Crippen LogP) is 2.56. The summed E-state index contributed by atoms with van der Waals surface area (Å²) in [5.41, 5.74) is 7.72. The number of carbonyl (C=O) groups excluding carboxylic acids is 1. The van der Waals surface area contributed by atoms with Crippen LogP contribution < -0.4 is 15.8 Å². The molecule has 1 aromatic rings. The van der Waals surface area contributed by atoms with Gasteiger partial charge in [-0.1, -0.05) is 39.0 Å². The van der Waals surface area contributed by atoms with E-state index in [1.165, 1.54) is 0 Å². The topological polar surface area (TPSA) is 64.3 Å². The molecule has 0 aliphatic heterocycles. The fourth-order valence-corrected chi connectivity index (χ4v) is 2.00. The summed E-state index contributed by atoms with van der Waals surface area (Å²) in [7, 11) is 0. The summed E-state index contributed by atoms with van der Waals surface area (Å²) in [4.78, 5) is 11.9. The third-order valence-corrected chi connectivity index (χ3v) is 3.58. The van der Waals surface area contributed by atoms with Crippen LogP contribution in [0.4, 0.5) is 0 Å². The largest absolute Gasteiger partial charge is 0.491 e. The number of nitrogens with one attached hydrogen (secondary N) is 1. The molecule has 1 aromatic carbocycles. The Bertz CT molecular complexity index is 470. The Morgan fingerprint density at radius 1 is 1.29 bits per heavy atom. The van der Waals surface area contributed by atoms with Gasteiger partial charge in [-0.2, -0.15) is 0 Å². The highest BCUT2D eigenvalue weighted by atomic mass is 16.5. The molecule has 3 N–H and O–H groups in total. The second kappa shape index (κ2) is 6.94. The maximum atomic E-state index is 11.9. The van der Waals surface area contributed by atoms with Crippen molar-refractivity contribution < 1.29 is 9.53 Å². The van der Waals surface area contributed by atoms with Crippen LogP contribution in [0.15, 0.2) is 18.2 Å². The van der Waals surface area contributed by atoms with E-state index in [4.69, 9.17) is 10.5 Å². The van der Waals surface area contributed by atoms with Gasteiger partial charge in [-0.3, -0.25) is 4.79 Å². The average molecular weight is 292 g/mol. The van der Waals surface area contributed by atoms with Crippen molar-refractivity contribution in [2.75, 3.05) is 6.61 Å². The number of hydrogen-bond donors (Lipinski definition) is 2. The maximum Gasteiger partial charge on any atom is 0.236 e. The van der Waals surface area contributed by atoms with Crippen LogP contribution in [0, 0.1) is 19.3 Å². The van der Waals surface area contributed by atoms with Crippen LogP contribution in [-0.4, -0.2) is 24.6 Å². The van der Waals surface area contributed by atoms with Crippen LogP contribution >= 0.6 is 0 Å². The lowest BCUT2D eigenvalue weighted by molar-refractivity contribution is -0.123. The molecule has 0 spiro atoms. The van der Waals surface area contributed by atoms with Gasteiger partial charge in [-0.15, -0.1) is 0 Å². The van der Waals surface area contributed by atoms with Gasteiger partial charge in [0.25, 0.3) is 0 Å². The van der Waals surface area contributed by atoms with Gasteiger partial charge in [0.2, 0.25) is 5.91 Å². The summed E-state index contributed by atoms with van der Waals surface area (Å²) in [6.07, 6.45) is 0. The Hall–Kier alpha value is -1.55. The summed E-state index contributed by atoms with van der Waals surface area (Å²) >= 11 is 0. The number of carbonyl (C=O) groups is 1. The quantitative estimate of drug-likeness (QED) is 0.876. The van der Waals surface area contributed by atoms with Crippen molar-refractivity contribution in [3.05, 3.63) is 29.3 Å². The minimum atomic E-state index is -0.518. The fourth-order valence-electron chi connectivity index (χ4n) is 2.00. The number of rotatable bonds is 5. The number of hydrogen-bond acceptors (Lipinski definition) is 3. The van der Waals surface area contributed by atoms with E-state index in [0.717, 1.165) is 16.9 Å². The Morgan fingerprint density at radius 2 is 1.81 bits per heavy atom. The third kappa shape index (κ3) is 5.05. The molecule has 0 saturated carbocycles. The molecule has 0 aromatic heterocycles. The molecule has 21 heavy (non-hydrogen) atoms. The van der Waals surface area contributed by atoms with E-state index in [-0.39, 0.29) is 17.4 Å². The van der Waals surface area contributed by atoms with E-state index in [0.29, 0.717) is 6.61 Å². The van der Waals surface area contributed by atoms with Crippen molar-refractivity contribution in [1.29, 1.82) is 0 Å². The van der Waals surface area contributed by atoms with Crippen molar-refractivity contribution >= 4 is 5.91 Å². The number of aryl methyl sites for hydroxylation is 2. The molecule has 118 valence electrons. The van der Waals surface area contributed by atoms with Gasteiger partial charge in [-0.05, 0) is 37.3 Å². The lowest BCUT2D eigenvalue weighted by Gasteiger charge is -2.32. The molecule has 4 nitrogen and oxygen atoms in total. The predicted molar refractivity (Wildman–Crippen MR) is 86.4 cm³/mol. The number of ether oxygens (including phenoxy) is 1. The van der Waals surface area contributed by atoms with E-state index in [9.17, 15) is 4.79 Å². The summed E-state index contributed by atoms with van der Waals surface area (Å²) in [6.45, 7) is 12.4. The molecular weight excluding hydrogens is 264 g/mol. The van der Waals surface area contributed by atoms with Crippen LogP contribution in [0.1, 0.15) is 38.8 Å². The molecular formula is C17H28N2O2. The first-order valence-corrected chi connectivity index (χ1v) is 7.38. The Balaban J connectivity index is 2.81. The summed E-state index contributed by atoms with van der Waals surface area (Å²) in [5, 5.41) is 2.98. The first-order valence-electron chi connectivity index (χ1n) is 7.38. The van der Waals surface area contributed by atoms with Crippen LogP contribution in [0.2, 0.25) is 0 Å². The number of nitrogens with two attached hydrogens (primary N) is 1. The van der Waals surface area contributed by atoms with Gasteiger partial charge in [0, 0.05) is 0 Å². The van der Waals surface area contributed by atoms with Crippen LogP contribution in [-0.2, 0) is 4.79 Å². The van der Waals surface area contributed by atoms with Gasteiger partial charge < -0.3 is 15.8 Å². The van der Waals surface area contributed by atoms with E-state index in [1.54, 1.807) is 6.92 Å². The molecule has 1 unspecified atom stereocenters. The highest BCUT2D eigenvalue weighted by Crippen LogP contribution is 2.25. The summed E-state index contributed by atoms with van der Waals surface area (Å²) in [5.74, 6) is 0.738. The lowest BCUT2D eigenvalue weighted by Crippen LogP contribution is -2.51. The highest BCUT2D eigenvalue weighted by Gasteiger charge is 2.28. The van der Waals surface area contributed by atoms with E-state index < -0.39 is 6.04 Å². The molecule has 0 bridgehead atoms. The summed E-state index contributed by atoms with van der Waals surface area (Å²) in [6, 6.07) is 5.44. The standard InChI is InChI=1S/C17H28N2O2/c1-11-8-7-9-12(2)15(11)21-10-14(17(4,5)6)19-16(20)13(3)18/h7-9,13-14H,10,18H2,1-6H3,(H,19,20)/t13-,14?/m1/s1. The smallest absolute Gasteiger partial charge is 0.236 e. The second-order valence-corrected chi connectivity index (χ2v) is 6.75. The number of para-hydroxylation sites is 1. The average Bonchev–Trinajstić information content (AvgIpc) is 2.35. The molecule has 0 saturated heterocycles. The van der Waals surface area contributed by atoms with E-state index >= 15 is 0 Å². The zero-order valence-corrected chi connectivity index (χ0v) is 14.0. The molecule has 0 heterocycles. The first-order chi connectivity index (χ1) is 9.62. The SMILES string of the molecule is Cc1cccc(C)c1OCC(NC(=O)[C@@H](C)N)C(C)(C)C. The molecule has 0 aliphatic carbocycles. The molecule has 0 aliphatic rings. The van der Waals surface area contributed by atoms with Gasteiger partial charge in [0.15, 0.2) is 0 Å². The van der Waals surface area contributed by atoms with Gasteiger partial charge in [-0.25, -0.2) is 0 Å². The van der Waals surface area contributed by atoms with Gasteiger partial charge >= 0.3 is 0 Å². The molecule has 0 radical (unpaired) electrons. The Morgan fingerprint density at radius 3 is 2.24 bits per heavy atom. The van der Waals surface area contributed by atoms with E-state index in [1.807, 2.05) is 32.0 Å². The monoisotopic (exact) mass is 292 g/mol. The maximum absolute atomic E-state index is 11.9. The number of amides is 1. The Kier molecular flexibility index (Phi) is 5.78. The van der Waals surface area contributed by atoms with Gasteiger partial charge in [0.05, 0.1) is 12.1 Å². The molecule has 0 fully saturated rings. The van der Waals surface area contributed by atoms with Crippen LogP contribution in [0.25, 0.3) is 0 Å². The van der Waals surface area contributed by atoms with Crippen LogP contribution in [0.5, 0.6) is 5.75 Å². The van der Waals surface area contributed by atoms with Crippen molar-refractivity contribution in [3.8, 4) is 5.75 Å². The summed E-state index contributed by atoms with van der Waals surface area (Å²) < 4.78 is 5.98. The second-order valence-electron chi connectivity index (χ2n) is 6.75. The van der Waals surface area contributed by atoms with Crippen molar-refractivity contribution in [3.63, 3.8) is 0 Å². The zero-order chi connectivity index (χ0) is 16.2. The van der Waals surface area contributed by atoms with E-state index in [2.05, 4.69) is 26.1 Å². The molecule has 1 rings (SSSR count). The Labute approximate surface area is 128 Å². The molecule has 2 atom stereocenters. The van der Waals surface area contributed by atoms with Crippen molar-refractivity contribution in [2.45, 2.75) is 53.6 Å². The van der Waals surface area contributed by atoms with Crippen LogP contribution in [0.3, 0.4) is 0 Å².